The van der Waals surface area contributed by atoms with Crippen molar-refractivity contribution in [3.8, 4) is 0 Å². The van der Waals surface area contributed by atoms with E-state index >= 15 is 0 Å². The highest BCUT2D eigenvalue weighted by atomic mass is 19.1. The number of nitrogens with zero attached hydrogens (tertiary/aromatic N) is 1. The van der Waals surface area contributed by atoms with Crippen molar-refractivity contribution in [1.82, 2.24) is 0 Å². The number of halogens is 1. The number of benzene rings is 1. The Morgan fingerprint density at radius 1 is 1.40 bits per heavy atom. The minimum Gasteiger partial charge on any atom is -0.371 e. The molecule has 110 valence electrons. The highest BCUT2D eigenvalue weighted by Gasteiger charge is 2.29. The summed E-state index contributed by atoms with van der Waals surface area (Å²) < 4.78 is 13.9. The fraction of sp³-hybridized carbons (Fsp3) is 0.588. The molecule has 0 radical (unpaired) electrons. The molecule has 1 aliphatic rings. The minimum absolute atomic E-state index is 0.191. The maximum absolute atomic E-state index is 13.9. The molecule has 0 saturated carbocycles. The molecule has 0 aliphatic carbocycles. The van der Waals surface area contributed by atoms with Gasteiger partial charge >= 0.3 is 0 Å². The van der Waals surface area contributed by atoms with Gasteiger partial charge in [0.1, 0.15) is 5.82 Å². The van der Waals surface area contributed by atoms with Crippen molar-refractivity contribution in [2.24, 2.45) is 11.8 Å². The van der Waals surface area contributed by atoms with Gasteiger partial charge < -0.3 is 4.90 Å². The number of carbonyl (C=O) groups excluding carboxylic acids is 1. The van der Waals surface area contributed by atoms with Gasteiger partial charge in [-0.3, -0.25) is 4.79 Å². The SMILES string of the molecule is CCC(CC)C1CCN(c2cccc(F)c2C(C)=O)C1. The number of Topliss-reactive ketones (excluding diaryl/α,β-unsaturated/α-hetero) is 1. The molecule has 0 amide bonds. The Morgan fingerprint density at radius 3 is 2.70 bits per heavy atom. The highest BCUT2D eigenvalue weighted by Crippen LogP contribution is 2.34. The summed E-state index contributed by atoms with van der Waals surface area (Å²) >= 11 is 0. The molecule has 1 atom stereocenters. The van der Waals surface area contributed by atoms with Crippen molar-refractivity contribution in [2.75, 3.05) is 18.0 Å². The van der Waals surface area contributed by atoms with Crippen LogP contribution in [0.4, 0.5) is 10.1 Å². The first-order chi connectivity index (χ1) is 9.58. The zero-order valence-corrected chi connectivity index (χ0v) is 12.7. The van der Waals surface area contributed by atoms with Crippen LogP contribution in [0.25, 0.3) is 0 Å². The van der Waals surface area contributed by atoms with Gasteiger partial charge in [0.2, 0.25) is 0 Å². The van der Waals surface area contributed by atoms with Crippen molar-refractivity contribution in [2.45, 2.75) is 40.0 Å². The Kier molecular flexibility index (Phi) is 4.79. The molecule has 0 spiro atoms. The number of carbonyl (C=O) groups is 1. The fourth-order valence-electron chi connectivity index (χ4n) is 3.47. The summed E-state index contributed by atoms with van der Waals surface area (Å²) in [5.41, 5.74) is 1.02. The molecule has 1 unspecified atom stereocenters. The van der Waals surface area contributed by atoms with Gasteiger partial charge in [-0.1, -0.05) is 32.8 Å². The quantitative estimate of drug-likeness (QED) is 0.748. The van der Waals surface area contributed by atoms with Crippen LogP contribution in [-0.4, -0.2) is 18.9 Å². The van der Waals surface area contributed by atoms with Crippen molar-refractivity contribution < 1.29 is 9.18 Å². The van der Waals surface area contributed by atoms with Crippen LogP contribution in [0.3, 0.4) is 0 Å². The average Bonchev–Trinajstić information content (AvgIpc) is 2.89. The number of hydrogen-bond donors (Lipinski definition) is 0. The predicted octanol–water partition coefficient (Wildman–Crippen LogP) is 4.29. The van der Waals surface area contributed by atoms with Gasteiger partial charge in [-0.25, -0.2) is 4.39 Å². The maximum atomic E-state index is 13.9. The first-order valence-corrected chi connectivity index (χ1v) is 7.62. The van der Waals surface area contributed by atoms with E-state index in [9.17, 15) is 9.18 Å². The standard InChI is InChI=1S/C17H24FNO/c1-4-13(5-2)14-9-10-19(11-14)16-8-6-7-15(18)17(16)12(3)20/h6-8,13-14H,4-5,9-11H2,1-3H3. The van der Waals surface area contributed by atoms with Crippen molar-refractivity contribution >= 4 is 11.5 Å². The zero-order valence-electron chi connectivity index (χ0n) is 12.7. The van der Waals surface area contributed by atoms with Gasteiger partial charge in [-0.05, 0) is 37.3 Å². The lowest BCUT2D eigenvalue weighted by atomic mass is 9.87. The van der Waals surface area contributed by atoms with Crippen LogP contribution in [0.15, 0.2) is 18.2 Å². The fourth-order valence-corrected chi connectivity index (χ4v) is 3.47. The molecule has 20 heavy (non-hydrogen) atoms. The molecule has 0 N–H and O–H groups in total. The smallest absolute Gasteiger partial charge is 0.164 e. The molecule has 1 aromatic carbocycles. The predicted molar refractivity (Wildman–Crippen MR) is 80.8 cm³/mol. The Balaban J connectivity index is 2.22. The van der Waals surface area contributed by atoms with E-state index in [1.165, 1.54) is 25.8 Å². The average molecular weight is 277 g/mol. The minimum atomic E-state index is -0.402. The second kappa shape index (κ2) is 6.38. The third-order valence-electron chi connectivity index (χ3n) is 4.62. The van der Waals surface area contributed by atoms with Crippen LogP contribution < -0.4 is 4.90 Å². The lowest BCUT2D eigenvalue weighted by Crippen LogP contribution is -2.24. The van der Waals surface area contributed by atoms with E-state index in [4.69, 9.17) is 0 Å². The van der Waals surface area contributed by atoms with Crippen molar-refractivity contribution in [1.29, 1.82) is 0 Å². The molecule has 1 aliphatic heterocycles. The van der Waals surface area contributed by atoms with Gasteiger partial charge in [0.25, 0.3) is 0 Å². The van der Waals surface area contributed by atoms with Crippen LogP contribution in [0.1, 0.15) is 50.4 Å². The molecule has 2 nitrogen and oxygen atoms in total. The summed E-state index contributed by atoms with van der Waals surface area (Å²) in [6.45, 7) is 7.78. The summed E-state index contributed by atoms with van der Waals surface area (Å²) in [4.78, 5) is 13.9. The third-order valence-corrected chi connectivity index (χ3v) is 4.62. The zero-order chi connectivity index (χ0) is 14.7. The number of ketones is 1. The monoisotopic (exact) mass is 277 g/mol. The maximum Gasteiger partial charge on any atom is 0.164 e. The Labute approximate surface area is 121 Å². The normalized spacial score (nSPS) is 18.9. The van der Waals surface area contributed by atoms with E-state index in [0.29, 0.717) is 5.92 Å². The second-order valence-electron chi connectivity index (χ2n) is 5.76. The van der Waals surface area contributed by atoms with Gasteiger partial charge in [0, 0.05) is 13.1 Å². The van der Waals surface area contributed by atoms with Crippen LogP contribution in [0.2, 0.25) is 0 Å². The summed E-state index contributed by atoms with van der Waals surface area (Å²) in [6.07, 6.45) is 3.52. The molecule has 1 saturated heterocycles. The van der Waals surface area contributed by atoms with Gasteiger partial charge in [0.05, 0.1) is 11.3 Å². The van der Waals surface area contributed by atoms with E-state index in [1.807, 2.05) is 6.07 Å². The molecule has 2 rings (SSSR count). The van der Waals surface area contributed by atoms with Crippen molar-refractivity contribution in [3.63, 3.8) is 0 Å². The Bertz CT molecular complexity index is 482. The molecule has 0 bridgehead atoms. The molecule has 1 fully saturated rings. The second-order valence-corrected chi connectivity index (χ2v) is 5.76. The number of hydrogen-bond acceptors (Lipinski definition) is 2. The van der Waals surface area contributed by atoms with E-state index in [1.54, 1.807) is 6.07 Å². The van der Waals surface area contributed by atoms with Crippen LogP contribution in [-0.2, 0) is 0 Å². The Morgan fingerprint density at radius 2 is 2.10 bits per heavy atom. The summed E-state index contributed by atoms with van der Waals surface area (Å²) in [7, 11) is 0. The lowest BCUT2D eigenvalue weighted by Gasteiger charge is -2.24. The van der Waals surface area contributed by atoms with E-state index < -0.39 is 5.82 Å². The van der Waals surface area contributed by atoms with Gasteiger partial charge in [-0.15, -0.1) is 0 Å². The van der Waals surface area contributed by atoms with Gasteiger partial charge in [0.15, 0.2) is 5.78 Å². The summed E-state index contributed by atoms with van der Waals surface area (Å²) in [5, 5.41) is 0. The third kappa shape index (κ3) is 2.87. The molecule has 1 aromatic rings. The highest BCUT2D eigenvalue weighted by molar-refractivity contribution is 6.00. The molecule has 0 aromatic heterocycles. The lowest BCUT2D eigenvalue weighted by molar-refractivity contribution is 0.101. The summed E-state index contributed by atoms with van der Waals surface area (Å²) in [5.74, 6) is 0.799. The van der Waals surface area contributed by atoms with E-state index in [2.05, 4.69) is 18.7 Å². The Hall–Kier alpha value is -1.38. The van der Waals surface area contributed by atoms with Gasteiger partial charge in [-0.2, -0.15) is 0 Å². The first-order valence-electron chi connectivity index (χ1n) is 7.62. The van der Waals surface area contributed by atoms with Crippen LogP contribution >= 0.6 is 0 Å². The molecule has 1 heterocycles. The topological polar surface area (TPSA) is 20.3 Å². The molecular formula is C17H24FNO. The molecule has 3 heteroatoms. The molecular weight excluding hydrogens is 253 g/mol. The van der Waals surface area contributed by atoms with Crippen LogP contribution in [0.5, 0.6) is 0 Å². The number of anilines is 1. The van der Waals surface area contributed by atoms with E-state index in [-0.39, 0.29) is 11.3 Å². The largest absolute Gasteiger partial charge is 0.371 e. The van der Waals surface area contributed by atoms with E-state index in [0.717, 1.165) is 31.1 Å². The van der Waals surface area contributed by atoms with Crippen molar-refractivity contribution in [3.05, 3.63) is 29.6 Å². The number of rotatable bonds is 5. The van der Waals surface area contributed by atoms with Crippen LogP contribution in [0, 0.1) is 17.7 Å². The summed E-state index contributed by atoms with van der Waals surface area (Å²) in [6, 6.07) is 4.94. The first kappa shape index (κ1) is 15.0.